The molecule has 0 spiro atoms. The minimum atomic E-state index is -0.273. The molecule has 1 aromatic heterocycles. The van der Waals surface area contributed by atoms with Gasteiger partial charge >= 0.3 is 0 Å². The van der Waals surface area contributed by atoms with Crippen LogP contribution in [0.4, 0.5) is 0 Å². The first-order chi connectivity index (χ1) is 10.9. The average molecular weight is 337 g/mol. The molecule has 0 radical (unpaired) electrons. The molecule has 1 saturated carbocycles. The molecule has 0 bridgehead atoms. The first-order valence-electron chi connectivity index (χ1n) is 8.47. The lowest BCUT2D eigenvalue weighted by Gasteiger charge is -2.27. The first-order valence-corrected chi connectivity index (χ1v) is 9.35. The molecule has 1 atom stereocenters. The molecule has 1 aliphatic carbocycles. The molecule has 0 aliphatic heterocycles. The third-order valence-electron chi connectivity index (χ3n) is 4.59. The van der Waals surface area contributed by atoms with Crippen molar-refractivity contribution in [1.29, 1.82) is 0 Å². The third-order valence-corrected chi connectivity index (χ3v) is 5.57. The number of thioether (sulfide) groups is 1. The number of amides is 1. The van der Waals surface area contributed by atoms with E-state index in [1.807, 2.05) is 13.8 Å². The highest BCUT2D eigenvalue weighted by molar-refractivity contribution is 8.00. The summed E-state index contributed by atoms with van der Waals surface area (Å²) in [5.41, 5.74) is 1.34. The van der Waals surface area contributed by atoms with Gasteiger partial charge in [-0.25, -0.2) is 4.98 Å². The van der Waals surface area contributed by atoms with E-state index in [1.165, 1.54) is 24.6 Å². The van der Waals surface area contributed by atoms with E-state index in [4.69, 9.17) is 0 Å². The van der Waals surface area contributed by atoms with Crippen LogP contribution < -0.4 is 10.9 Å². The molecule has 2 N–H and O–H groups in total. The lowest BCUT2D eigenvalue weighted by molar-refractivity contribution is -0.121. The van der Waals surface area contributed by atoms with E-state index in [-0.39, 0.29) is 22.8 Å². The molecule has 1 aromatic rings. The van der Waals surface area contributed by atoms with E-state index < -0.39 is 0 Å². The molecule has 6 heteroatoms. The van der Waals surface area contributed by atoms with Crippen molar-refractivity contribution in [2.24, 2.45) is 5.92 Å². The zero-order valence-electron chi connectivity index (χ0n) is 14.4. The number of aryl methyl sites for hydroxylation is 1. The Kier molecular flexibility index (Phi) is 6.27. The van der Waals surface area contributed by atoms with Crippen LogP contribution in [0.5, 0.6) is 0 Å². The summed E-state index contributed by atoms with van der Waals surface area (Å²) in [4.78, 5) is 31.5. The summed E-state index contributed by atoms with van der Waals surface area (Å²) in [7, 11) is 0. The quantitative estimate of drug-likeness (QED) is 0.640. The summed E-state index contributed by atoms with van der Waals surface area (Å²) in [6, 6.07) is 0.290. The van der Waals surface area contributed by atoms with Crippen LogP contribution in [-0.4, -0.2) is 27.2 Å². The van der Waals surface area contributed by atoms with E-state index in [2.05, 4.69) is 22.2 Å². The maximum Gasteiger partial charge on any atom is 0.254 e. The van der Waals surface area contributed by atoms with Crippen molar-refractivity contribution in [3.63, 3.8) is 0 Å². The van der Waals surface area contributed by atoms with Crippen molar-refractivity contribution in [2.45, 2.75) is 76.2 Å². The third kappa shape index (κ3) is 4.83. The van der Waals surface area contributed by atoms with Gasteiger partial charge in [0.2, 0.25) is 5.91 Å². The SMILES string of the molecule is CCc1nc(S[C@H](C)C(=O)NC2CCC(C)CC2)[nH]c(=O)c1C. The van der Waals surface area contributed by atoms with Crippen molar-refractivity contribution in [3.05, 3.63) is 21.6 Å². The summed E-state index contributed by atoms with van der Waals surface area (Å²) in [5, 5.41) is 3.39. The van der Waals surface area contributed by atoms with Gasteiger partial charge in [-0.05, 0) is 51.9 Å². The minimum Gasteiger partial charge on any atom is -0.352 e. The number of nitrogens with one attached hydrogen (secondary N) is 2. The van der Waals surface area contributed by atoms with Crippen LogP contribution in [0.25, 0.3) is 0 Å². The topological polar surface area (TPSA) is 74.8 Å². The molecular weight excluding hydrogens is 310 g/mol. The highest BCUT2D eigenvalue weighted by atomic mass is 32.2. The van der Waals surface area contributed by atoms with Gasteiger partial charge in [-0.3, -0.25) is 9.59 Å². The Labute approximate surface area is 142 Å². The molecular formula is C17H27N3O2S. The second kappa shape index (κ2) is 7.99. The van der Waals surface area contributed by atoms with Gasteiger partial charge in [0.25, 0.3) is 5.56 Å². The zero-order valence-corrected chi connectivity index (χ0v) is 15.3. The summed E-state index contributed by atoms with van der Waals surface area (Å²) < 4.78 is 0. The Hall–Kier alpha value is -1.30. The molecule has 1 fully saturated rings. The van der Waals surface area contributed by atoms with Gasteiger partial charge in [0.1, 0.15) is 0 Å². The Morgan fingerprint density at radius 2 is 2.04 bits per heavy atom. The van der Waals surface area contributed by atoms with Crippen LogP contribution in [0.15, 0.2) is 9.95 Å². The fraction of sp³-hybridized carbons (Fsp3) is 0.706. The number of nitrogens with zero attached hydrogens (tertiary/aromatic N) is 1. The number of carbonyl (C=O) groups excluding carboxylic acids is 1. The first kappa shape index (κ1) is 18.0. The monoisotopic (exact) mass is 337 g/mol. The van der Waals surface area contributed by atoms with Crippen molar-refractivity contribution in [2.75, 3.05) is 0 Å². The number of aromatic nitrogens is 2. The number of H-pyrrole nitrogens is 1. The molecule has 1 heterocycles. The summed E-state index contributed by atoms with van der Waals surface area (Å²) in [5.74, 6) is 0.792. The van der Waals surface area contributed by atoms with Crippen LogP contribution in [0.3, 0.4) is 0 Å². The normalized spacial score (nSPS) is 22.6. The molecule has 5 nitrogen and oxygen atoms in total. The molecule has 2 rings (SSSR count). The number of rotatable bonds is 5. The smallest absolute Gasteiger partial charge is 0.254 e. The fourth-order valence-corrected chi connectivity index (χ4v) is 3.72. The summed E-state index contributed by atoms with van der Waals surface area (Å²) in [6.07, 6.45) is 5.19. The van der Waals surface area contributed by atoms with Crippen molar-refractivity contribution < 1.29 is 4.79 Å². The Balaban J connectivity index is 1.96. The van der Waals surface area contributed by atoms with Crippen LogP contribution in [-0.2, 0) is 11.2 Å². The largest absolute Gasteiger partial charge is 0.352 e. The number of carbonyl (C=O) groups is 1. The molecule has 0 aromatic carbocycles. The molecule has 1 aliphatic rings. The second-order valence-corrected chi connectivity index (χ2v) is 7.85. The van der Waals surface area contributed by atoms with E-state index in [9.17, 15) is 9.59 Å². The van der Waals surface area contributed by atoms with Crippen LogP contribution >= 0.6 is 11.8 Å². The van der Waals surface area contributed by atoms with Gasteiger partial charge in [0.05, 0.1) is 10.9 Å². The number of aromatic amines is 1. The van der Waals surface area contributed by atoms with Crippen LogP contribution in [0, 0.1) is 12.8 Å². The molecule has 23 heavy (non-hydrogen) atoms. The van der Waals surface area contributed by atoms with Crippen molar-refractivity contribution in [1.82, 2.24) is 15.3 Å². The predicted molar refractivity (Wildman–Crippen MR) is 93.9 cm³/mol. The Morgan fingerprint density at radius 1 is 1.39 bits per heavy atom. The van der Waals surface area contributed by atoms with E-state index in [0.29, 0.717) is 17.1 Å². The Bertz CT molecular complexity index is 606. The van der Waals surface area contributed by atoms with Gasteiger partial charge in [0, 0.05) is 11.6 Å². The molecule has 0 unspecified atom stereocenters. The van der Waals surface area contributed by atoms with E-state index >= 15 is 0 Å². The van der Waals surface area contributed by atoms with E-state index in [1.54, 1.807) is 6.92 Å². The summed E-state index contributed by atoms with van der Waals surface area (Å²) >= 11 is 1.31. The van der Waals surface area contributed by atoms with Gasteiger partial charge in [-0.15, -0.1) is 0 Å². The van der Waals surface area contributed by atoms with Gasteiger partial charge in [-0.2, -0.15) is 0 Å². The minimum absolute atomic E-state index is 0.0239. The lowest BCUT2D eigenvalue weighted by Crippen LogP contribution is -2.41. The zero-order chi connectivity index (χ0) is 17.0. The molecule has 128 valence electrons. The highest BCUT2D eigenvalue weighted by Gasteiger charge is 2.23. The highest BCUT2D eigenvalue weighted by Crippen LogP contribution is 2.25. The van der Waals surface area contributed by atoms with Gasteiger partial charge < -0.3 is 10.3 Å². The maximum atomic E-state index is 12.4. The fourth-order valence-electron chi connectivity index (χ4n) is 2.90. The molecule has 0 saturated heterocycles. The molecule has 1 amide bonds. The second-order valence-electron chi connectivity index (χ2n) is 6.52. The van der Waals surface area contributed by atoms with Crippen molar-refractivity contribution >= 4 is 17.7 Å². The van der Waals surface area contributed by atoms with Gasteiger partial charge in [-0.1, -0.05) is 25.6 Å². The maximum absolute atomic E-state index is 12.4. The lowest BCUT2D eigenvalue weighted by atomic mass is 9.87. The number of hydrogen-bond acceptors (Lipinski definition) is 4. The van der Waals surface area contributed by atoms with Crippen LogP contribution in [0.1, 0.15) is 57.7 Å². The average Bonchev–Trinajstić information content (AvgIpc) is 2.52. The van der Waals surface area contributed by atoms with Crippen LogP contribution in [0.2, 0.25) is 0 Å². The number of hydrogen-bond donors (Lipinski definition) is 2. The van der Waals surface area contributed by atoms with Gasteiger partial charge in [0.15, 0.2) is 5.16 Å². The Morgan fingerprint density at radius 3 is 2.65 bits per heavy atom. The predicted octanol–water partition coefficient (Wildman–Crippen LogP) is 2.82. The van der Waals surface area contributed by atoms with Crippen molar-refractivity contribution in [3.8, 4) is 0 Å². The van der Waals surface area contributed by atoms with E-state index in [0.717, 1.165) is 24.5 Å². The summed E-state index contributed by atoms with van der Waals surface area (Å²) in [6.45, 7) is 7.88. The standard InChI is InChI=1S/C17H27N3O2S/c1-5-14-11(3)15(21)20-17(19-14)23-12(4)16(22)18-13-8-6-10(2)7-9-13/h10,12-13H,5-9H2,1-4H3,(H,18,22)(H,19,20,21)/t10?,12-,13?/m1/s1.